The number of H-pyrrole nitrogens is 2. The van der Waals surface area contributed by atoms with Gasteiger partial charge in [0.2, 0.25) is 5.91 Å². The summed E-state index contributed by atoms with van der Waals surface area (Å²) in [5, 5.41) is 8.20. The summed E-state index contributed by atoms with van der Waals surface area (Å²) in [4.78, 5) is 33.5. The number of imidazole rings is 1. The van der Waals surface area contributed by atoms with E-state index in [1.54, 1.807) is 34.5 Å². The number of aromatic nitrogens is 7. The molecule has 2 N–H and O–H groups in total. The molecule has 0 amide bonds. The van der Waals surface area contributed by atoms with E-state index in [9.17, 15) is 4.79 Å². The van der Waals surface area contributed by atoms with Crippen molar-refractivity contribution in [3.63, 3.8) is 0 Å². The Hall–Kier alpha value is -4.37. The van der Waals surface area contributed by atoms with Crippen LogP contribution >= 0.6 is 11.3 Å². The molecule has 4 aromatic heterocycles. The van der Waals surface area contributed by atoms with Gasteiger partial charge in [0.1, 0.15) is 10.5 Å². The maximum atomic E-state index is 13.7. The first-order valence-electron chi connectivity index (χ1n) is 11.6. The number of carbonyl (C=O) groups excluding carboxylic acids is 1. The number of hydrogen-bond donors (Lipinski definition) is 2. The molecule has 6 heterocycles. The van der Waals surface area contributed by atoms with Crippen LogP contribution in [-0.2, 0) is 0 Å². The molecule has 8 bridgehead atoms. The highest BCUT2D eigenvalue weighted by Gasteiger charge is 2.24. The first-order valence-corrected chi connectivity index (χ1v) is 12.4. The third-order valence-electron chi connectivity index (χ3n) is 6.38. The van der Waals surface area contributed by atoms with Gasteiger partial charge in [0.25, 0.3) is 0 Å². The molecule has 0 fully saturated rings. The van der Waals surface area contributed by atoms with Crippen molar-refractivity contribution in [2.45, 2.75) is 20.8 Å². The van der Waals surface area contributed by atoms with Gasteiger partial charge in [-0.2, -0.15) is 0 Å². The Morgan fingerprint density at radius 2 is 1.86 bits per heavy atom. The SMILES string of the molecule is CC(C)(C)C(=O)n1c2cncc(c2)c2cc3c(cn2)[nH][nH]c-3c2nc3cccc(c4ccc1s4)c3n2. The molecule has 0 aliphatic carbocycles. The van der Waals surface area contributed by atoms with Gasteiger partial charge >= 0.3 is 0 Å². The van der Waals surface area contributed by atoms with Gasteiger partial charge in [-0.05, 0) is 30.3 Å². The maximum absolute atomic E-state index is 13.7. The molecule has 2 aliphatic rings. The number of pyridine rings is 2. The van der Waals surface area contributed by atoms with Crippen LogP contribution < -0.4 is 0 Å². The summed E-state index contributed by atoms with van der Waals surface area (Å²) in [5.74, 6) is -0.0151. The molecule has 176 valence electrons. The van der Waals surface area contributed by atoms with Gasteiger partial charge in [0.15, 0.2) is 5.65 Å². The fraction of sp³-hybridized carbons (Fsp3) is 0.148. The minimum atomic E-state index is -0.595. The lowest BCUT2D eigenvalue weighted by molar-refractivity contribution is 0.0778. The van der Waals surface area contributed by atoms with Crippen LogP contribution in [0.25, 0.3) is 64.8 Å². The number of carbonyl (C=O) groups is 1. The Labute approximate surface area is 208 Å². The standard InChI is InChI=1S/C27H21N7OS/c1-27(2,3)26(35)34-15-9-14(11-28-12-15)19-10-17-20(13-29-19)32-33-24(17)25-30-18-6-4-5-16(23(18)31-25)21-7-8-22(34)36-21/h4-13,32-33H,1-3H3. The van der Waals surface area contributed by atoms with Crippen LogP contribution in [0.2, 0.25) is 0 Å². The van der Waals surface area contributed by atoms with E-state index in [0.717, 1.165) is 53.6 Å². The van der Waals surface area contributed by atoms with E-state index >= 15 is 0 Å². The quantitative estimate of drug-likeness (QED) is 0.253. The number of thiophene rings is 1. The van der Waals surface area contributed by atoms with E-state index in [0.29, 0.717) is 11.2 Å². The van der Waals surface area contributed by atoms with Crippen molar-refractivity contribution in [3.8, 4) is 11.3 Å². The summed E-state index contributed by atoms with van der Waals surface area (Å²) in [6.45, 7) is 5.79. The number of nitrogens with one attached hydrogen (secondary N) is 2. The highest BCUT2D eigenvalue weighted by molar-refractivity contribution is 7.24. The number of rotatable bonds is 0. The molecule has 1 aromatic carbocycles. The third-order valence-corrected chi connectivity index (χ3v) is 7.48. The molecule has 8 nitrogen and oxygen atoms in total. The largest absolute Gasteiger partial charge is 0.298 e. The Balaban J connectivity index is 1.74. The molecular formula is C27H21N7OS. The number of aromatic amines is 2. The third kappa shape index (κ3) is 3.09. The molecule has 7 rings (SSSR count). The average molecular weight is 492 g/mol. The van der Waals surface area contributed by atoms with Gasteiger partial charge in [0.05, 0.1) is 40.0 Å². The van der Waals surface area contributed by atoms with E-state index in [1.165, 1.54) is 0 Å². The number of para-hydroxylation sites is 1. The topological polar surface area (TPSA) is 105 Å². The normalized spacial score (nSPS) is 12.4. The summed E-state index contributed by atoms with van der Waals surface area (Å²) in [7, 11) is 0. The van der Waals surface area contributed by atoms with Gasteiger partial charge < -0.3 is 0 Å². The van der Waals surface area contributed by atoms with Crippen molar-refractivity contribution in [1.29, 1.82) is 0 Å². The molecular weight excluding hydrogens is 470 g/mol. The van der Waals surface area contributed by atoms with Gasteiger partial charge in [0, 0.05) is 32.6 Å². The molecule has 36 heavy (non-hydrogen) atoms. The molecule has 2 aliphatic heterocycles. The van der Waals surface area contributed by atoms with Crippen LogP contribution in [0.5, 0.6) is 0 Å². The highest BCUT2D eigenvalue weighted by Crippen LogP contribution is 2.33. The summed E-state index contributed by atoms with van der Waals surface area (Å²) < 4.78 is 2.78. The Kier molecular flexibility index (Phi) is 4.26. The second-order valence-electron chi connectivity index (χ2n) is 9.92. The first kappa shape index (κ1) is 21.0. The van der Waals surface area contributed by atoms with Crippen molar-refractivity contribution < 1.29 is 4.79 Å². The van der Waals surface area contributed by atoms with E-state index in [1.807, 2.05) is 63.2 Å². The molecule has 0 saturated carbocycles. The van der Waals surface area contributed by atoms with Gasteiger partial charge in [-0.3, -0.25) is 29.5 Å². The van der Waals surface area contributed by atoms with Crippen LogP contribution in [0.15, 0.2) is 61.1 Å². The van der Waals surface area contributed by atoms with Crippen molar-refractivity contribution in [2.75, 3.05) is 0 Å². The fourth-order valence-electron chi connectivity index (χ4n) is 4.55. The average Bonchev–Trinajstić information content (AvgIpc) is 3.60. The van der Waals surface area contributed by atoms with Crippen LogP contribution in [0.1, 0.15) is 25.6 Å². The monoisotopic (exact) mass is 491 g/mol. The number of fused-ring (bicyclic) bond motifs is 9. The van der Waals surface area contributed by atoms with Crippen LogP contribution in [-0.4, -0.2) is 40.6 Å². The Morgan fingerprint density at radius 1 is 0.972 bits per heavy atom. The van der Waals surface area contributed by atoms with E-state index in [4.69, 9.17) is 9.97 Å². The van der Waals surface area contributed by atoms with Crippen LogP contribution in [0, 0.1) is 5.41 Å². The van der Waals surface area contributed by atoms with Crippen molar-refractivity contribution in [2.24, 2.45) is 5.41 Å². The van der Waals surface area contributed by atoms with Crippen LogP contribution in [0.4, 0.5) is 0 Å². The lowest BCUT2D eigenvalue weighted by atomic mass is 9.95. The lowest BCUT2D eigenvalue weighted by Crippen LogP contribution is -2.26. The Morgan fingerprint density at radius 3 is 2.72 bits per heavy atom. The van der Waals surface area contributed by atoms with E-state index in [2.05, 4.69) is 20.2 Å². The van der Waals surface area contributed by atoms with Gasteiger partial charge in [-0.15, -0.1) is 11.3 Å². The van der Waals surface area contributed by atoms with E-state index in [-0.39, 0.29) is 5.91 Å². The van der Waals surface area contributed by atoms with Crippen molar-refractivity contribution >= 4 is 70.8 Å². The van der Waals surface area contributed by atoms with Crippen molar-refractivity contribution in [1.82, 2.24) is 34.7 Å². The summed E-state index contributed by atoms with van der Waals surface area (Å²) in [5.41, 5.74) is 5.68. The van der Waals surface area contributed by atoms with Crippen LogP contribution in [0.3, 0.4) is 0 Å². The molecule has 0 atom stereocenters. The zero-order valence-corrected chi connectivity index (χ0v) is 20.6. The summed E-state index contributed by atoms with van der Waals surface area (Å²) in [6, 6.07) is 14.0. The minimum Gasteiger partial charge on any atom is -0.298 e. The smallest absolute Gasteiger partial charge is 0.237 e. The molecule has 0 spiro atoms. The van der Waals surface area contributed by atoms with E-state index < -0.39 is 5.41 Å². The molecule has 0 radical (unpaired) electrons. The molecule has 9 heteroatoms. The summed E-state index contributed by atoms with van der Waals surface area (Å²) >= 11 is 1.55. The second-order valence-corrected chi connectivity index (χ2v) is 11.0. The van der Waals surface area contributed by atoms with Crippen molar-refractivity contribution in [3.05, 3.63) is 61.1 Å². The second kappa shape index (κ2) is 7.32. The molecule has 0 unspecified atom stereocenters. The zero-order chi connectivity index (χ0) is 24.6. The fourth-order valence-corrected chi connectivity index (χ4v) is 5.60. The zero-order valence-electron chi connectivity index (χ0n) is 19.8. The number of hydrogen-bond acceptors (Lipinski definition) is 6. The predicted molar refractivity (Wildman–Crippen MR) is 144 cm³/mol. The van der Waals surface area contributed by atoms with Gasteiger partial charge in [-0.1, -0.05) is 32.9 Å². The molecule has 5 aromatic rings. The highest BCUT2D eigenvalue weighted by atomic mass is 32.1. The predicted octanol–water partition coefficient (Wildman–Crippen LogP) is 6.47. The molecule has 0 saturated heterocycles. The lowest BCUT2D eigenvalue weighted by Gasteiger charge is -2.19. The van der Waals surface area contributed by atoms with Gasteiger partial charge in [-0.25, -0.2) is 9.97 Å². The number of benzene rings is 1. The first-order chi connectivity index (χ1) is 17.4. The number of nitrogens with zero attached hydrogens (tertiary/aromatic N) is 5. The Bertz CT molecular complexity index is 2020. The minimum absolute atomic E-state index is 0.0151. The maximum Gasteiger partial charge on any atom is 0.237 e. The summed E-state index contributed by atoms with van der Waals surface area (Å²) in [6.07, 6.45) is 5.28.